The molecule has 1 aliphatic heterocycles. The maximum Gasteiger partial charge on any atom is 0.308 e. The van der Waals surface area contributed by atoms with Crippen LogP contribution in [0.25, 0.3) is 0 Å². The van der Waals surface area contributed by atoms with Crippen molar-refractivity contribution in [2.24, 2.45) is 5.92 Å². The molecular formula is C10H13N3O3. The molecule has 1 aromatic rings. The highest BCUT2D eigenvalue weighted by Crippen LogP contribution is 2.19. The van der Waals surface area contributed by atoms with Crippen LogP contribution in [0.15, 0.2) is 17.2 Å². The van der Waals surface area contributed by atoms with Gasteiger partial charge >= 0.3 is 5.97 Å². The molecule has 6 heteroatoms. The Morgan fingerprint density at radius 2 is 2.44 bits per heavy atom. The van der Waals surface area contributed by atoms with Gasteiger partial charge in [0.25, 0.3) is 5.56 Å². The summed E-state index contributed by atoms with van der Waals surface area (Å²) in [6.45, 7) is 1.04. The largest absolute Gasteiger partial charge is 0.481 e. The van der Waals surface area contributed by atoms with Gasteiger partial charge < -0.3 is 15.0 Å². The summed E-state index contributed by atoms with van der Waals surface area (Å²) < 4.78 is 0. The first-order valence-electron chi connectivity index (χ1n) is 5.20. The van der Waals surface area contributed by atoms with Crippen LogP contribution in [0, 0.1) is 5.92 Å². The fourth-order valence-corrected chi connectivity index (χ4v) is 1.94. The first-order chi connectivity index (χ1) is 7.68. The van der Waals surface area contributed by atoms with E-state index >= 15 is 0 Å². The van der Waals surface area contributed by atoms with Crippen molar-refractivity contribution < 1.29 is 9.90 Å². The number of aromatic nitrogens is 2. The van der Waals surface area contributed by atoms with E-state index in [9.17, 15) is 9.59 Å². The lowest BCUT2D eigenvalue weighted by Gasteiger charge is -2.30. The smallest absolute Gasteiger partial charge is 0.308 e. The Bertz CT molecular complexity index is 443. The van der Waals surface area contributed by atoms with Gasteiger partial charge in [-0.1, -0.05) is 0 Å². The van der Waals surface area contributed by atoms with E-state index < -0.39 is 11.9 Å². The summed E-state index contributed by atoms with van der Waals surface area (Å²) in [5, 5.41) is 8.94. The minimum Gasteiger partial charge on any atom is -0.481 e. The van der Waals surface area contributed by atoms with Crippen LogP contribution < -0.4 is 10.5 Å². The third kappa shape index (κ3) is 2.05. The fraction of sp³-hybridized carbons (Fsp3) is 0.500. The first kappa shape index (κ1) is 10.7. The molecule has 0 amide bonds. The molecular weight excluding hydrogens is 210 g/mol. The number of rotatable bonds is 2. The normalized spacial score (nSPS) is 20.8. The molecule has 1 fully saturated rings. The van der Waals surface area contributed by atoms with Crippen LogP contribution in [0.4, 0.5) is 5.82 Å². The minimum atomic E-state index is -0.808. The fourth-order valence-electron chi connectivity index (χ4n) is 1.94. The molecule has 0 bridgehead atoms. The summed E-state index contributed by atoms with van der Waals surface area (Å²) in [7, 11) is 0. The van der Waals surface area contributed by atoms with E-state index in [0.717, 1.165) is 6.42 Å². The van der Waals surface area contributed by atoms with Crippen molar-refractivity contribution in [3.05, 3.63) is 22.7 Å². The molecule has 1 unspecified atom stereocenters. The van der Waals surface area contributed by atoms with Crippen LogP contribution in [-0.4, -0.2) is 34.1 Å². The summed E-state index contributed by atoms with van der Waals surface area (Å²) in [6, 6.07) is 0. The number of hydrogen-bond acceptors (Lipinski definition) is 4. The highest BCUT2D eigenvalue weighted by atomic mass is 16.4. The lowest BCUT2D eigenvalue weighted by molar-refractivity contribution is -0.141. The maximum absolute atomic E-state index is 11.5. The molecule has 6 nitrogen and oxygen atoms in total. The first-order valence-corrected chi connectivity index (χ1v) is 5.20. The van der Waals surface area contributed by atoms with Crippen molar-refractivity contribution in [2.75, 3.05) is 18.0 Å². The van der Waals surface area contributed by atoms with E-state index in [1.807, 2.05) is 0 Å². The number of piperidine rings is 1. The number of aromatic amines is 1. The SMILES string of the molecule is O=C(O)C1CCCN(c2ncc[nH]c2=O)C1. The predicted octanol–water partition coefficient (Wildman–Crippen LogP) is 0.0709. The molecule has 0 radical (unpaired) electrons. The van der Waals surface area contributed by atoms with Crippen LogP contribution in [-0.2, 0) is 4.79 Å². The second-order valence-electron chi connectivity index (χ2n) is 3.87. The zero-order valence-electron chi connectivity index (χ0n) is 8.72. The lowest BCUT2D eigenvalue weighted by atomic mass is 9.98. The number of anilines is 1. The molecule has 2 rings (SSSR count). The molecule has 16 heavy (non-hydrogen) atoms. The quantitative estimate of drug-likeness (QED) is 0.741. The Balaban J connectivity index is 2.19. The van der Waals surface area contributed by atoms with Crippen molar-refractivity contribution in [3.8, 4) is 0 Å². The van der Waals surface area contributed by atoms with E-state index in [1.54, 1.807) is 4.90 Å². The van der Waals surface area contributed by atoms with Gasteiger partial charge in [-0.25, -0.2) is 4.98 Å². The number of H-pyrrole nitrogens is 1. The molecule has 0 spiro atoms. The summed E-state index contributed by atoms with van der Waals surface area (Å²) in [5.74, 6) is -0.902. The van der Waals surface area contributed by atoms with Crippen LogP contribution in [0.5, 0.6) is 0 Å². The average molecular weight is 223 g/mol. The number of hydrogen-bond donors (Lipinski definition) is 2. The number of nitrogens with zero attached hydrogens (tertiary/aromatic N) is 2. The van der Waals surface area contributed by atoms with Gasteiger partial charge in [-0.3, -0.25) is 9.59 Å². The topological polar surface area (TPSA) is 86.3 Å². The summed E-state index contributed by atoms with van der Waals surface area (Å²) in [4.78, 5) is 30.6. The number of carboxylic acids is 1. The number of nitrogens with one attached hydrogen (secondary N) is 1. The van der Waals surface area contributed by atoms with Crippen molar-refractivity contribution >= 4 is 11.8 Å². The number of carbonyl (C=O) groups is 1. The molecule has 1 atom stereocenters. The molecule has 0 saturated carbocycles. The second-order valence-corrected chi connectivity index (χ2v) is 3.87. The highest BCUT2D eigenvalue weighted by molar-refractivity contribution is 5.71. The number of aliphatic carboxylic acids is 1. The molecule has 2 N–H and O–H groups in total. The van der Waals surface area contributed by atoms with Crippen molar-refractivity contribution in [2.45, 2.75) is 12.8 Å². The Morgan fingerprint density at radius 1 is 1.62 bits per heavy atom. The van der Waals surface area contributed by atoms with E-state index in [-0.39, 0.29) is 5.56 Å². The molecule has 2 heterocycles. The van der Waals surface area contributed by atoms with Gasteiger partial charge in [0.05, 0.1) is 5.92 Å². The summed E-state index contributed by atoms with van der Waals surface area (Å²) >= 11 is 0. The van der Waals surface area contributed by atoms with Gasteiger partial charge in [0, 0.05) is 25.5 Å². The minimum absolute atomic E-state index is 0.270. The van der Waals surface area contributed by atoms with E-state index in [2.05, 4.69) is 9.97 Å². The van der Waals surface area contributed by atoms with Gasteiger partial charge in [-0.05, 0) is 12.8 Å². The zero-order valence-corrected chi connectivity index (χ0v) is 8.72. The molecule has 1 aromatic heterocycles. The highest BCUT2D eigenvalue weighted by Gasteiger charge is 2.27. The summed E-state index contributed by atoms with van der Waals surface area (Å²) in [5.41, 5.74) is -0.270. The van der Waals surface area contributed by atoms with E-state index in [0.29, 0.717) is 25.3 Å². The van der Waals surface area contributed by atoms with Gasteiger partial charge in [-0.2, -0.15) is 0 Å². The maximum atomic E-state index is 11.5. The molecule has 1 saturated heterocycles. The Labute approximate surface area is 91.9 Å². The van der Waals surface area contributed by atoms with Crippen molar-refractivity contribution in [3.63, 3.8) is 0 Å². The van der Waals surface area contributed by atoms with Crippen LogP contribution in [0.2, 0.25) is 0 Å². The lowest BCUT2D eigenvalue weighted by Crippen LogP contribution is -2.41. The van der Waals surface area contributed by atoms with Crippen LogP contribution >= 0.6 is 0 Å². The monoisotopic (exact) mass is 223 g/mol. The third-order valence-corrected chi connectivity index (χ3v) is 2.76. The van der Waals surface area contributed by atoms with Gasteiger partial charge in [0.2, 0.25) is 0 Å². The second kappa shape index (κ2) is 4.34. The molecule has 86 valence electrons. The Kier molecular flexibility index (Phi) is 2.89. The number of carboxylic acid groups (broad SMARTS) is 1. The van der Waals surface area contributed by atoms with Crippen molar-refractivity contribution in [1.82, 2.24) is 9.97 Å². The van der Waals surface area contributed by atoms with Crippen LogP contribution in [0.1, 0.15) is 12.8 Å². The van der Waals surface area contributed by atoms with E-state index in [4.69, 9.17) is 5.11 Å². The Hall–Kier alpha value is -1.85. The standard InChI is InChI=1S/C10H13N3O3/c14-9-8(11-3-4-12-9)13-5-1-2-7(6-13)10(15)16/h3-4,7H,1-2,5-6H2,(H,12,14)(H,15,16). The molecule has 0 aliphatic carbocycles. The molecule has 1 aliphatic rings. The van der Waals surface area contributed by atoms with Crippen LogP contribution in [0.3, 0.4) is 0 Å². The average Bonchev–Trinajstić information content (AvgIpc) is 2.30. The van der Waals surface area contributed by atoms with E-state index in [1.165, 1.54) is 12.4 Å². The Morgan fingerprint density at radius 3 is 3.12 bits per heavy atom. The predicted molar refractivity (Wildman–Crippen MR) is 57.4 cm³/mol. The van der Waals surface area contributed by atoms with Gasteiger partial charge in [0.15, 0.2) is 5.82 Å². The van der Waals surface area contributed by atoms with Crippen molar-refractivity contribution in [1.29, 1.82) is 0 Å². The molecule has 0 aromatic carbocycles. The van der Waals surface area contributed by atoms with Gasteiger partial charge in [0.1, 0.15) is 0 Å². The third-order valence-electron chi connectivity index (χ3n) is 2.76. The van der Waals surface area contributed by atoms with Gasteiger partial charge in [-0.15, -0.1) is 0 Å². The zero-order chi connectivity index (χ0) is 11.5. The summed E-state index contributed by atoms with van der Waals surface area (Å²) in [6.07, 6.45) is 4.40.